The maximum absolute atomic E-state index is 4.71. The van der Waals surface area contributed by atoms with Crippen LogP contribution in [0.3, 0.4) is 0 Å². The Morgan fingerprint density at radius 1 is 1.00 bits per heavy atom. The summed E-state index contributed by atoms with van der Waals surface area (Å²) in [6.45, 7) is 3.13. The molecule has 2 aromatic heterocycles. The zero-order chi connectivity index (χ0) is 17.9. The molecule has 4 nitrogen and oxygen atoms in total. The summed E-state index contributed by atoms with van der Waals surface area (Å²) in [5.41, 5.74) is 4.32. The number of rotatable bonds is 5. The molecule has 0 aliphatic heterocycles. The number of hydrogen-bond donors (Lipinski definition) is 0. The third kappa shape index (κ3) is 2.95. The van der Waals surface area contributed by atoms with Crippen LogP contribution in [0.25, 0.3) is 22.2 Å². The lowest BCUT2D eigenvalue weighted by Gasteiger charge is -2.04. The van der Waals surface area contributed by atoms with E-state index in [-0.39, 0.29) is 0 Å². The number of azo groups is 1. The first-order valence-electron chi connectivity index (χ1n) is 8.81. The first-order chi connectivity index (χ1) is 12.8. The van der Waals surface area contributed by atoms with Crippen LogP contribution in [-0.2, 0) is 13.6 Å². The van der Waals surface area contributed by atoms with E-state index in [1.807, 2.05) is 6.07 Å². The highest BCUT2D eigenvalue weighted by Gasteiger charge is 2.19. The monoisotopic (exact) mass is 361 g/mol. The summed E-state index contributed by atoms with van der Waals surface area (Å²) in [6, 6.07) is 18.8. The summed E-state index contributed by atoms with van der Waals surface area (Å²) in [6.07, 6.45) is 3.15. The van der Waals surface area contributed by atoms with Crippen molar-refractivity contribution in [3.63, 3.8) is 0 Å². The Kier molecular flexibility index (Phi) is 4.63. The predicted molar refractivity (Wildman–Crippen MR) is 107 cm³/mol. The fourth-order valence-corrected chi connectivity index (χ4v) is 3.99. The van der Waals surface area contributed by atoms with Crippen LogP contribution in [0.1, 0.15) is 13.3 Å². The van der Waals surface area contributed by atoms with E-state index >= 15 is 0 Å². The highest BCUT2D eigenvalue weighted by molar-refractivity contribution is 7.12. The van der Waals surface area contributed by atoms with Crippen LogP contribution in [0.2, 0.25) is 0 Å². The molecule has 0 radical (unpaired) electrons. The lowest BCUT2D eigenvalue weighted by molar-refractivity contribution is -0.680. The van der Waals surface area contributed by atoms with Crippen LogP contribution in [0.5, 0.6) is 0 Å². The minimum absolute atomic E-state index is 0.922. The highest BCUT2D eigenvalue weighted by Crippen LogP contribution is 2.40. The molecule has 2 heterocycles. The van der Waals surface area contributed by atoms with Gasteiger partial charge in [-0.2, -0.15) is 0 Å². The molecule has 4 aromatic rings. The van der Waals surface area contributed by atoms with Crippen LogP contribution in [0, 0.1) is 0 Å². The third-order valence-corrected chi connectivity index (χ3v) is 5.27. The molecule has 5 heteroatoms. The normalized spacial score (nSPS) is 11.6. The molecule has 0 aliphatic carbocycles. The SMILES string of the molecule is CCC[n+]1ccsc1N=Nc1c(-c2ccccc2)n(C)c2ccccc12. The van der Waals surface area contributed by atoms with Gasteiger partial charge in [-0.05, 0) is 28.9 Å². The fraction of sp³-hybridized carbons (Fsp3) is 0.190. The topological polar surface area (TPSA) is 33.5 Å². The van der Waals surface area contributed by atoms with Gasteiger partial charge in [-0.15, -0.1) is 0 Å². The minimum Gasteiger partial charge on any atom is -0.342 e. The average molecular weight is 361 g/mol. The quantitative estimate of drug-likeness (QED) is 0.308. The number of nitrogens with zero attached hydrogens (tertiary/aromatic N) is 4. The fourth-order valence-electron chi connectivity index (χ4n) is 3.28. The lowest BCUT2D eigenvalue weighted by Crippen LogP contribution is -2.30. The van der Waals surface area contributed by atoms with Crippen molar-refractivity contribution in [3.8, 4) is 11.3 Å². The minimum atomic E-state index is 0.922. The molecular formula is C21H21N4S+. The zero-order valence-corrected chi connectivity index (χ0v) is 15.8. The number of aromatic nitrogens is 2. The van der Waals surface area contributed by atoms with Gasteiger partial charge in [0.05, 0.1) is 22.9 Å². The molecule has 26 heavy (non-hydrogen) atoms. The van der Waals surface area contributed by atoms with E-state index in [1.54, 1.807) is 11.3 Å². The van der Waals surface area contributed by atoms with Crippen molar-refractivity contribution >= 4 is 33.1 Å². The van der Waals surface area contributed by atoms with Gasteiger partial charge in [0.25, 0.3) is 0 Å². The molecule has 0 atom stereocenters. The maximum Gasteiger partial charge on any atom is 0.408 e. The van der Waals surface area contributed by atoms with E-state index < -0.39 is 0 Å². The average Bonchev–Trinajstić information content (AvgIpc) is 3.23. The molecule has 0 N–H and O–H groups in total. The van der Waals surface area contributed by atoms with Crippen LogP contribution in [0.15, 0.2) is 76.4 Å². The Bertz CT molecular complexity index is 1060. The van der Waals surface area contributed by atoms with E-state index in [0.717, 1.165) is 45.9 Å². The molecular weight excluding hydrogens is 340 g/mol. The van der Waals surface area contributed by atoms with Crippen LogP contribution < -0.4 is 4.57 Å². The van der Waals surface area contributed by atoms with Crippen molar-refractivity contribution in [2.75, 3.05) is 0 Å². The number of fused-ring (bicyclic) bond motifs is 1. The van der Waals surface area contributed by atoms with Crippen molar-refractivity contribution in [2.24, 2.45) is 17.3 Å². The predicted octanol–water partition coefficient (Wildman–Crippen LogP) is 6.02. The van der Waals surface area contributed by atoms with Crippen LogP contribution in [-0.4, -0.2) is 4.57 Å². The molecule has 130 valence electrons. The van der Waals surface area contributed by atoms with Gasteiger partial charge in [0.1, 0.15) is 11.9 Å². The van der Waals surface area contributed by atoms with E-state index in [1.165, 1.54) is 0 Å². The molecule has 0 saturated heterocycles. The van der Waals surface area contributed by atoms with Crippen molar-refractivity contribution in [3.05, 3.63) is 66.2 Å². The van der Waals surface area contributed by atoms with E-state index in [4.69, 9.17) is 5.11 Å². The summed E-state index contributed by atoms with van der Waals surface area (Å²) in [5, 5.41) is 13.4. The van der Waals surface area contributed by atoms with Crippen LogP contribution >= 0.6 is 11.3 Å². The number of benzene rings is 2. The van der Waals surface area contributed by atoms with Gasteiger partial charge in [-0.1, -0.05) is 55.5 Å². The maximum atomic E-state index is 4.71. The molecule has 0 saturated carbocycles. The van der Waals surface area contributed by atoms with E-state index in [2.05, 4.69) is 88.3 Å². The second-order valence-corrected chi connectivity index (χ2v) is 7.09. The second-order valence-electron chi connectivity index (χ2n) is 6.22. The lowest BCUT2D eigenvalue weighted by atomic mass is 10.1. The number of para-hydroxylation sites is 1. The van der Waals surface area contributed by atoms with Gasteiger partial charge in [0.2, 0.25) is 0 Å². The third-order valence-electron chi connectivity index (χ3n) is 4.49. The van der Waals surface area contributed by atoms with Gasteiger partial charge in [0, 0.05) is 23.4 Å². The highest BCUT2D eigenvalue weighted by atomic mass is 32.1. The largest absolute Gasteiger partial charge is 0.408 e. The summed E-state index contributed by atoms with van der Waals surface area (Å²) in [7, 11) is 2.09. The first-order valence-corrected chi connectivity index (χ1v) is 9.69. The Balaban J connectivity index is 1.88. The number of aryl methyl sites for hydroxylation is 2. The molecule has 0 unspecified atom stereocenters. The van der Waals surface area contributed by atoms with Crippen molar-refractivity contribution in [2.45, 2.75) is 19.9 Å². The Morgan fingerprint density at radius 3 is 2.58 bits per heavy atom. The second kappa shape index (κ2) is 7.22. The zero-order valence-electron chi connectivity index (χ0n) is 15.0. The first kappa shape index (κ1) is 16.7. The smallest absolute Gasteiger partial charge is 0.342 e. The molecule has 0 fully saturated rings. The van der Waals surface area contributed by atoms with Gasteiger partial charge in [-0.25, -0.2) is 4.57 Å². The summed E-state index contributed by atoms with van der Waals surface area (Å²) >= 11 is 1.62. The molecule has 4 rings (SSSR count). The molecule has 2 aromatic carbocycles. The number of hydrogen-bond acceptors (Lipinski definition) is 3. The van der Waals surface area contributed by atoms with Crippen molar-refractivity contribution < 1.29 is 4.57 Å². The molecule has 0 spiro atoms. The van der Waals surface area contributed by atoms with Gasteiger partial charge in [-0.3, -0.25) is 0 Å². The Hall–Kier alpha value is -2.79. The molecule has 0 aliphatic rings. The molecule has 0 amide bonds. The van der Waals surface area contributed by atoms with Crippen molar-refractivity contribution in [1.82, 2.24) is 4.57 Å². The van der Waals surface area contributed by atoms with Gasteiger partial charge < -0.3 is 4.57 Å². The van der Waals surface area contributed by atoms with Crippen molar-refractivity contribution in [1.29, 1.82) is 0 Å². The summed E-state index contributed by atoms with van der Waals surface area (Å²) < 4.78 is 4.36. The molecule has 0 bridgehead atoms. The standard InChI is InChI=1S/C21H21N4S/c1-3-13-25-14-15-26-21(25)23-22-19-17-11-7-8-12-18(17)24(2)20(19)16-9-5-4-6-10-16/h4-12,14-15H,3,13H2,1-2H3/q+1. The Labute approximate surface area is 157 Å². The van der Waals surface area contributed by atoms with Crippen LogP contribution in [0.4, 0.5) is 10.8 Å². The Morgan fingerprint density at radius 2 is 1.77 bits per heavy atom. The number of thiazole rings is 1. The van der Waals surface area contributed by atoms with Gasteiger partial charge >= 0.3 is 5.13 Å². The van der Waals surface area contributed by atoms with E-state index in [0.29, 0.717) is 0 Å². The summed E-state index contributed by atoms with van der Waals surface area (Å²) in [5.74, 6) is 0. The van der Waals surface area contributed by atoms with Gasteiger partial charge in [0.15, 0.2) is 0 Å². The summed E-state index contributed by atoms with van der Waals surface area (Å²) in [4.78, 5) is 0. The van der Waals surface area contributed by atoms with E-state index in [9.17, 15) is 0 Å².